The zero-order valence-corrected chi connectivity index (χ0v) is 13.7. The highest BCUT2D eigenvalue weighted by Gasteiger charge is 2.37. The number of ether oxygens (including phenoxy) is 2. The summed E-state index contributed by atoms with van der Waals surface area (Å²) in [6, 6.07) is 0.387. The number of nitrogens with zero attached hydrogens (tertiary/aromatic N) is 1. The summed E-state index contributed by atoms with van der Waals surface area (Å²) in [5.74, 6) is 0. The first kappa shape index (κ1) is 17.9. The molecule has 1 fully saturated rings. The first-order valence-electron chi connectivity index (χ1n) is 8.15. The van der Waals surface area contributed by atoms with Crippen LogP contribution < -0.4 is 5.73 Å². The Labute approximate surface area is 125 Å². The van der Waals surface area contributed by atoms with Crippen molar-refractivity contribution in [3.63, 3.8) is 0 Å². The third kappa shape index (κ3) is 4.99. The van der Waals surface area contributed by atoms with Crippen molar-refractivity contribution in [3.8, 4) is 0 Å². The summed E-state index contributed by atoms with van der Waals surface area (Å²) in [6.07, 6.45) is 9.08. The third-order valence-electron chi connectivity index (χ3n) is 4.75. The van der Waals surface area contributed by atoms with Crippen molar-refractivity contribution < 1.29 is 9.47 Å². The van der Waals surface area contributed by atoms with Crippen LogP contribution in [-0.4, -0.2) is 57.0 Å². The van der Waals surface area contributed by atoms with E-state index in [1.807, 2.05) is 0 Å². The predicted octanol–water partition coefficient (Wildman–Crippen LogP) is 2.41. The highest BCUT2D eigenvalue weighted by molar-refractivity contribution is 4.94. The van der Waals surface area contributed by atoms with E-state index in [1.165, 1.54) is 44.9 Å². The number of nitrogens with two attached hydrogens (primary N) is 1. The lowest BCUT2D eigenvalue weighted by Gasteiger charge is -2.47. The SMILES string of the molecule is COCCN(C(C)COC)C1(CN)CCCCCCC1. The van der Waals surface area contributed by atoms with Crippen LogP contribution in [0.4, 0.5) is 0 Å². The van der Waals surface area contributed by atoms with Gasteiger partial charge in [-0.2, -0.15) is 0 Å². The summed E-state index contributed by atoms with van der Waals surface area (Å²) >= 11 is 0. The number of methoxy groups -OCH3 is 2. The number of hydrogen-bond donors (Lipinski definition) is 1. The summed E-state index contributed by atoms with van der Waals surface area (Å²) in [4.78, 5) is 2.56. The predicted molar refractivity (Wildman–Crippen MR) is 84.0 cm³/mol. The van der Waals surface area contributed by atoms with E-state index in [4.69, 9.17) is 15.2 Å². The maximum absolute atomic E-state index is 6.24. The van der Waals surface area contributed by atoms with Crippen LogP contribution in [0.25, 0.3) is 0 Å². The summed E-state index contributed by atoms with van der Waals surface area (Å²) in [5.41, 5.74) is 6.38. The van der Waals surface area contributed by atoms with Crippen LogP contribution in [0.5, 0.6) is 0 Å². The first-order valence-corrected chi connectivity index (χ1v) is 8.15. The van der Waals surface area contributed by atoms with Gasteiger partial charge in [-0.15, -0.1) is 0 Å². The van der Waals surface area contributed by atoms with E-state index in [-0.39, 0.29) is 5.54 Å². The fourth-order valence-corrected chi connectivity index (χ4v) is 3.62. The van der Waals surface area contributed by atoms with Gasteiger partial charge in [-0.05, 0) is 19.8 Å². The van der Waals surface area contributed by atoms with E-state index in [2.05, 4.69) is 11.8 Å². The van der Waals surface area contributed by atoms with Crippen LogP contribution >= 0.6 is 0 Å². The molecule has 4 heteroatoms. The van der Waals surface area contributed by atoms with Crippen molar-refractivity contribution in [1.29, 1.82) is 0 Å². The lowest BCUT2D eigenvalue weighted by atomic mass is 9.81. The molecule has 120 valence electrons. The molecule has 1 aliphatic carbocycles. The van der Waals surface area contributed by atoms with Crippen LogP contribution in [0.3, 0.4) is 0 Å². The lowest BCUT2D eigenvalue weighted by Crippen LogP contribution is -2.59. The smallest absolute Gasteiger partial charge is 0.0615 e. The van der Waals surface area contributed by atoms with Gasteiger partial charge in [0.1, 0.15) is 0 Å². The molecule has 0 aromatic rings. The van der Waals surface area contributed by atoms with Crippen molar-refractivity contribution in [1.82, 2.24) is 4.90 Å². The molecule has 0 aromatic heterocycles. The van der Waals surface area contributed by atoms with Gasteiger partial charge in [0.15, 0.2) is 0 Å². The Balaban J connectivity index is 2.84. The van der Waals surface area contributed by atoms with E-state index in [0.717, 1.165) is 26.3 Å². The lowest BCUT2D eigenvalue weighted by molar-refractivity contribution is -0.0136. The van der Waals surface area contributed by atoms with E-state index in [1.54, 1.807) is 14.2 Å². The molecule has 1 rings (SSSR count). The second-order valence-electron chi connectivity index (χ2n) is 6.19. The van der Waals surface area contributed by atoms with Gasteiger partial charge in [0, 0.05) is 38.9 Å². The van der Waals surface area contributed by atoms with Crippen LogP contribution in [0, 0.1) is 0 Å². The van der Waals surface area contributed by atoms with Crippen molar-refractivity contribution >= 4 is 0 Å². The molecule has 4 nitrogen and oxygen atoms in total. The molecule has 0 radical (unpaired) electrons. The fourth-order valence-electron chi connectivity index (χ4n) is 3.62. The molecule has 0 amide bonds. The van der Waals surface area contributed by atoms with Gasteiger partial charge in [0.2, 0.25) is 0 Å². The first-order chi connectivity index (χ1) is 9.70. The Morgan fingerprint density at radius 3 is 2.15 bits per heavy atom. The molecular formula is C16H34N2O2. The molecule has 0 aliphatic heterocycles. The molecule has 1 atom stereocenters. The van der Waals surface area contributed by atoms with Gasteiger partial charge in [0.25, 0.3) is 0 Å². The second-order valence-corrected chi connectivity index (χ2v) is 6.19. The monoisotopic (exact) mass is 286 g/mol. The average Bonchev–Trinajstić information content (AvgIpc) is 2.41. The highest BCUT2D eigenvalue weighted by Crippen LogP contribution is 2.32. The van der Waals surface area contributed by atoms with Crippen LogP contribution in [-0.2, 0) is 9.47 Å². The van der Waals surface area contributed by atoms with Crippen LogP contribution in [0.2, 0.25) is 0 Å². The topological polar surface area (TPSA) is 47.7 Å². The van der Waals surface area contributed by atoms with Gasteiger partial charge < -0.3 is 15.2 Å². The second kappa shape index (κ2) is 9.72. The minimum atomic E-state index is 0.136. The molecule has 1 unspecified atom stereocenters. The Bertz CT molecular complexity index is 241. The van der Waals surface area contributed by atoms with Crippen molar-refractivity contribution in [2.45, 2.75) is 63.5 Å². The molecule has 0 bridgehead atoms. The van der Waals surface area contributed by atoms with Crippen molar-refractivity contribution in [3.05, 3.63) is 0 Å². The van der Waals surface area contributed by atoms with Crippen molar-refractivity contribution in [2.24, 2.45) is 5.73 Å². The molecular weight excluding hydrogens is 252 g/mol. The summed E-state index contributed by atoms with van der Waals surface area (Å²) in [6.45, 7) is 5.44. The maximum atomic E-state index is 6.24. The average molecular weight is 286 g/mol. The van der Waals surface area contributed by atoms with E-state index >= 15 is 0 Å². The van der Waals surface area contributed by atoms with E-state index in [9.17, 15) is 0 Å². The molecule has 0 spiro atoms. The van der Waals surface area contributed by atoms with Gasteiger partial charge in [-0.1, -0.05) is 32.1 Å². The van der Waals surface area contributed by atoms with Gasteiger partial charge in [0.05, 0.1) is 13.2 Å². The van der Waals surface area contributed by atoms with Gasteiger partial charge >= 0.3 is 0 Å². The molecule has 20 heavy (non-hydrogen) atoms. The summed E-state index contributed by atoms with van der Waals surface area (Å²) in [7, 11) is 3.55. The van der Waals surface area contributed by atoms with Crippen LogP contribution in [0.1, 0.15) is 51.9 Å². The summed E-state index contributed by atoms with van der Waals surface area (Å²) < 4.78 is 10.7. The van der Waals surface area contributed by atoms with E-state index in [0.29, 0.717) is 6.04 Å². The zero-order chi connectivity index (χ0) is 14.8. The molecule has 2 N–H and O–H groups in total. The normalized spacial score (nSPS) is 21.4. The Hall–Kier alpha value is -0.160. The standard InChI is InChI=1S/C16H34N2O2/c1-15(13-20-3)18(11-12-19-2)16(14-17)9-7-5-4-6-8-10-16/h15H,4-14,17H2,1-3H3. The summed E-state index contributed by atoms with van der Waals surface area (Å²) in [5, 5.41) is 0. The minimum absolute atomic E-state index is 0.136. The Morgan fingerprint density at radius 1 is 1.05 bits per heavy atom. The zero-order valence-electron chi connectivity index (χ0n) is 13.7. The molecule has 0 heterocycles. The number of rotatable bonds is 8. The number of hydrogen-bond acceptors (Lipinski definition) is 4. The maximum Gasteiger partial charge on any atom is 0.0615 e. The molecule has 0 saturated heterocycles. The molecule has 1 aliphatic rings. The fraction of sp³-hybridized carbons (Fsp3) is 1.00. The molecule has 1 saturated carbocycles. The largest absolute Gasteiger partial charge is 0.383 e. The Morgan fingerprint density at radius 2 is 1.65 bits per heavy atom. The van der Waals surface area contributed by atoms with Gasteiger partial charge in [-0.25, -0.2) is 0 Å². The molecule has 0 aromatic carbocycles. The minimum Gasteiger partial charge on any atom is -0.383 e. The Kier molecular flexibility index (Phi) is 8.69. The van der Waals surface area contributed by atoms with E-state index < -0.39 is 0 Å². The quantitative estimate of drug-likeness (QED) is 0.744. The van der Waals surface area contributed by atoms with Crippen LogP contribution in [0.15, 0.2) is 0 Å². The highest BCUT2D eigenvalue weighted by atomic mass is 16.5. The third-order valence-corrected chi connectivity index (χ3v) is 4.75. The van der Waals surface area contributed by atoms with Gasteiger partial charge in [-0.3, -0.25) is 4.90 Å². The van der Waals surface area contributed by atoms with Crippen molar-refractivity contribution in [2.75, 3.05) is 40.5 Å².